The minimum absolute atomic E-state index is 0.0392. The van der Waals surface area contributed by atoms with Gasteiger partial charge in [0.05, 0.1) is 11.8 Å². The van der Waals surface area contributed by atoms with Crippen LogP contribution in [0.4, 0.5) is 0 Å². The average molecular weight is 478 g/mol. The monoisotopic (exact) mass is 477 g/mol. The Morgan fingerprint density at radius 2 is 0.861 bits per heavy atom. The van der Waals surface area contributed by atoms with Crippen LogP contribution in [0.2, 0.25) is 0 Å². The summed E-state index contributed by atoms with van der Waals surface area (Å²) in [7, 11) is 0. The Morgan fingerprint density at radius 3 is 1.17 bits per heavy atom. The predicted molar refractivity (Wildman–Crippen MR) is 140 cm³/mol. The maximum Gasteiger partial charge on any atom is 0.227 e. The van der Waals surface area contributed by atoms with Gasteiger partial charge < -0.3 is 0 Å². The summed E-state index contributed by atoms with van der Waals surface area (Å²) < 4.78 is 0. The molecule has 2 atom stereocenters. The number of rotatable bonds is 11. The van der Waals surface area contributed by atoms with Gasteiger partial charge in [-0.05, 0) is 11.1 Å². The first-order valence-corrected chi connectivity index (χ1v) is 11.9. The van der Waals surface area contributed by atoms with E-state index in [4.69, 9.17) is 0 Å². The molecule has 36 heavy (non-hydrogen) atoms. The van der Waals surface area contributed by atoms with E-state index in [2.05, 4.69) is 0 Å². The molecule has 5 heteroatoms. The van der Waals surface area contributed by atoms with Crippen molar-refractivity contribution in [2.45, 2.75) is 30.7 Å². The van der Waals surface area contributed by atoms with Gasteiger partial charge in [0.15, 0.2) is 11.6 Å². The number of ketones is 2. The molecule has 0 fully saturated rings. The lowest BCUT2D eigenvalue weighted by molar-refractivity contribution is -0.531. The van der Waals surface area contributed by atoms with Crippen molar-refractivity contribution in [2.75, 3.05) is 0 Å². The Morgan fingerprint density at radius 1 is 0.556 bits per heavy atom. The lowest BCUT2D eigenvalue weighted by atomic mass is 9.75. The summed E-state index contributed by atoms with van der Waals surface area (Å²) in [6.45, 7) is 0. The summed E-state index contributed by atoms with van der Waals surface area (Å²) in [6.07, 6.45) is -0.0783. The summed E-state index contributed by atoms with van der Waals surface area (Å²) in [5.41, 5.74) is 2.43. The van der Waals surface area contributed by atoms with Crippen LogP contribution in [0.15, 0.2) is 121 Å². The Balaban J connectivity index is 1.77. The second kappa shape index (κ2) is 11.8. The SMILES string of the molecule is O=C(C[C@@H](c1ccccc1)C([C@@H](CC(=O)c1ccccc1)c1ccccc1)[N+](=O)[O-])c1ccccc1. The van der Waals surface area contributed by atoms with Crippen molar-refractivity contribution in [1.29, 1.82) is 0 Å². The fourth-order valence-electron chi connectivity index (χ4n) is 4.73. The van der Waals surface area contributed by atoms with Gasteiger partial charge >= 0.3 is 0 Å². The minimum atomic E-state index is -1.19. The van der Waals surface area contributed by atoms with Crippen LogP contribution in [0.3, 0.4) is 0 Å². The van der Waals surface area contributed by atoms with Gasteiger partial charge in [-0.1, -0.05) is 121 Å². The molecule has 5 nitrogen and oxygen atoms in total. The average Bonchev–Trinajstić information content (AvgIpc) is 2.93. The molecular formula is C31H27NO4. The molecule has 0 spiro atoms. The number of carbonyl (C=O) groups excluding carboxylic acids is 2. The van der Waals surface area contributed by atoms with Gasteiger partial charge in [0.1, 0.15) is 0 Å². The van der Waals surface area contributed by atoms with Crippen molar-refractivity contribution in [3.63, 3.8) is 0 Å². The van der Waals surface area contributed by atoms with E-state index >= 15 is 0 Å². The van der Waals surface area contributed by atoms with Crippen LogP contribution < -0.4 is 0 Å². The van der Waals surface area contributed by atoms with E-state index in [1.807, 2.05) is 72.8 Å². The molecule has 0 unspecified atom stereocenters. The molecule has 180 valence electrons. The summed E-state index contributed by atoms with van der Waals surface area (Å²) in [6, 6.07) is 34.7. The standard InChI is InChI=1S/C31H27NO4/c33-29(25-17-9-3-10-18-25)21-27(23-13-5-1-6-14-23)31(32(35)36)28(24-15-7-2-8-16-24)22-30(34)26-19-11-4-12-20-26/h1-20,27-28,31H,21-22H2/t27-,28-/m0/s1. The molecule has 0 saturated heterocycles. The summed E-state index contributed by atoms with van der Waals surface area (Å²) >= 11 is 0. The van der Waals surface area contributed by atoms with E-state index < -0.39 is 17.9 Å². The Kier molecular flexibility index (Phi) is 8.14. The minimum Gasteiger partial charge on any atom is -0.294 e. The normalized spacial score (nSPS) is 12.6. The number of carbonyl (C=O) groups is 2. The van der Waals surface area contributed by atoms with E-state index in [0.29, 0.717) is 22.3 Å². The fraction of sp³-hybridized carbons (Fsp3) is 0.161. The van der Waals surface area contributed by atoms with E-state index in [-0.39, 0.29) is 29.3 Å². The molecule has 0 aliphatic carbocycles. The lowest BCUT2D eigenvalue weighted by Gasteiger charge is -2.28. The number of nitrogens with zero attached hydrogens (tertiary/aromatic N) is 1. The molecule has 0 aliphatic heterocycles. The first-order chi connectivity index (χ1) is 17.5. The van der Waals surface area contributed by atoms with Gasteiger partial charge in [0.2, 0.25) is 6.04 Å². The Hall–Kier alpha value is -4.38. The molecule has 0 amide bonds. The van der Waals surface area contributed by atoms with Crippen LogP contribution in [0.1, 0.15) is 56.5 Å². The van der Waals surface area contributed by atoms with Crippen LogP contribution in [-0.4, -0.2) is 22.5 Å². The number of hydrogen-bond acceptors (Lipinski definition) is 4. The third-order valence-electron chi connectivity index (χ3n) is 6.53. The van der Waals surface area contributed by atoms with Crippen molar-refractivity contribution < 1.29 is 14.5 Å². The second-order valence-electron chi connectivity index (χ2n) is 8.80. The lowest BCUT2D eigenvalue weighted by Crippen LogP contribution is -2.36. The van der Waals surface area contributed by atoms with Gasteiger partial charge in [-0.25, -0.2) is 0 Å². The van der Waals surface area contributed by atoms with Crippen LogP contribution in [-0.2, 0) is 0 Å². The largest absolute Gasteiger partial charge is 0.294 e. The van der Waals surface area contributed by atoms with Crippen molar-refractivity contribution in [1.82, 2.24) is 0 Å². The zero-order valence-electron chi connectivity index (χ0n) is 19.8. The van der Waals surface area contributed by atoms with E-state index in [1.54, 1.807) is 48.5 Å². The highest BCUT2D eigenvalue weighted by molar-refractivity contribution is 5.97. The maximum absolute atomic E-state index is 13.3. The highest BCUT2D eigenvalue weighted by atomic mass is 16.6. The topological polar surface area (TPSA) is 77.3 Å². The quantitative estimate of drug-likeness (QED) is 0.136. The number of Topliss-reactive ketones (excluding diaryl/α,β-unsaturated/α-hetero) is 2. The Bertz CT molecular complexity index is 1190. The van der Waals surface area contributed by atoms with Crippen LogP contribution >= 0.6 is 0 Å². The summed E-state index contributed by atoms with van der Waals surface area (Å²) in [5, 5.41) is 12.7. The van der Waals surface area contributed by atoms with Crippen LogP contribution in [0, 0.1) is 10.1 Å². The smallest absolute Gasteiger partial charge is 0.227 e. The molecule has 0 aromatic heterocycles. The molecule has 0 bridgehead atoms. The van der Waals surface area contributed by atoms with Crippen molar-refractivity contribution >= 4 is 11.6 Å². The third-order valence-corrected chi connectivity index (χ3v) is 6.53. The van der Waals surface area contributed by atoms with E-state index in [9.17, 15) is 19.7 Å². The summed E-state index contributed by atoms with van der Waals surface area (Å²) in [4.78, 5) is 39.0. The Labute approximate surface area is 210 Å². The highest BCUT2D eigenvalue weighted by Gasteiger charge is 2.42. The number of hydrogen-bond donors (Lipinski definition) is 0. The molecule has 4 rings (SSSR count). The first-order valence-electron chi connectivity index (χ1n) is 11.9. The summed E-state index contributed by atoms with van der Waals surface area (Å²) in [5.74, 6) is -1.78. The van der Waals surface area contributed by atoms with Gasteiger partial charge in [-0.2, -0.15) is 0 Å². The maximum atomic E-state index is 13.3. The molecule has 0 heterocycles. The fourth-order valence-corrected chi connectivity index (χ4v) is 4.73. The molecule has 0 aliphatic rings. The molecular weight excluding hydrogens is 450 g/mol. The van der Waals surface area contributed by atoms with Gasteiger partial charge in [0, 0.05) is 28.9 Å². The highest BCUT2D eigenvalue weighted by Crippen LogP contribution is 2.38. The molecule has 0 N–H and O–H groups in total. The van der Waals surface area contributed by atoms with E-state index in [1.165, 1.54) is 0 Å². The number of nitro groups is 1. The van der Waals surface area contributed by atoms with Gasteiger partial charge in [-0.15, -0.1) is 0 Å². The molecule has 4 aromatic carbocycles. The van der Waals surface area contributed by atoms with Crippen molar-refractivity contribution in [3.05, 3.63) is 154 Å². The predicted octanol–water partition coefficient (Wildman–Crippen LogP) is 6.75. The van der Waals surface area contributed by atoms with Gasteiger partial charge in [-0.3, -0.25) is 19.7 Å². The molecule has 0 radical (unpaired) electrons. The first kappa shape index (κ1) is 24.7. The molecule has 4 aromatic rings. The van der Waals surface area contributed by atoms with E-state index in [0.717, 1.165) is 0 Å². The van der Waals surface area contributed by atoms with Crippen LogP contribution in [0.25, 0.3) is 0 Å². The second-order valence-corrected chi connectivity index (χ2v) is 8.80. The number of benzene rings is 4. The molecule has 0 saturated carbocycles. The zero-order chi connectivity index (χ0) is 25.3. The zero-order valence-corrected chi connectivity index (χ0v) is 19.8. The van der Waals surface area contributed by atoms with Gasteiger partial charge in [0.25, 0.3) is 0 Å². The third kappa shape index (κ3) is 5.99. The van der Waals surface area contributed by atoms with Crippen LogP contribution in [0.5, 0.6) is 0 Å². The van der Waals surface area contributed by atoms with Crippen molar-refractivity contribution in [3.8, 4) is 0 Å². The van der Waals surface area contributed by atoms with Crippen molar-refractivity contribution in [2.24, 2.45) is 0 Å².